The summed E-state index contributed by atoms with van der Waals surface area (Å²) in [5.41, 5.74) is 7.18. The lowest BCUT2D eigenvalue weighted by atomic mass is 10.1. The summed E-state index contributed by atoms with van der Waals surface area (Å²) in [5, 5.41) is 13.0. The van der Waals surface area contributed by atoms with Gasteiger partial charge in [-0.05, 0) is 90.5 Å². The van der Waals surface area contributed by atoms with Crippen molar-refractivity contribution in [3.8, 4) is 11.6 Å². The van der Waals surface area contributed by atoms with Crippen LogP contribution in [0.25, 0.3) is 11.3 Å². The first kappa shape index (κ1) is 23.5. The van der Waals surface area contributed by atoms with Crippen molar-refractivity contribution in [2.75, 3.05) is 0 Å². The minimum Gasteiger partial charge on any atom is -0.493 e. The number of carbonyl (C=O) groups excluding carboxylic acids is 1. The van der Waals surface area contributed by atoms with Crippen LogP contribution in [-0.2, 0) is 4.79 Å². The van der Waals surface area contributed by atoms with E-state index in [1.807, 2.05) is 83.1 Å². The highest BCUT2D eigenvalue weighted by Gasteiger charge is 2.28. The number of nitrogens with zero attached hydrogens (tertiary/aromatic N) is 3. The predicted octanol–water partition coefficient (Wildman–Crippen LogP) is 5.14. The normalized spacial score (nSPS) is 13.4. The maximum atomic E-state index is 13.1. The molecule has 7 heteroatoms. The lowest BCUT2D eigenvalue weighted by Gasteiger charge is -2.13. The van der Waals surface area contributed by atoms with Gasteiger partial charge in [-0.15, -0.1) is 0 Å². The van der Waals surface area contributed by atoms with Crippen LogP contribution in [0.3, 0.4) is 0 Å². The standard InChI is InChI=1S/C28H24BrN3O2S/c1-14-12-19-21(26(33)30-23(19)20(29)13-14)25-27(34)32(24-17(4)10-7-11-18(24)5)28(35-25)31-22-15(2)8-6-9-16(22)3/h6-13,34H,1-5H3. The van der Waals surface area contributed by atoms with E-state index in [0.717, 1.165) is 43.7 Å². The number of thiazole rings is 1. The SMILES string of the molecule is Cc1cc(Br)c2c(c1)=C(c1sc(=Nc3c(C)cccc3C)n(-c3c(C)cccc3C)c1O)C(=O)N=2. The summed E-state index contributed by atoms with van der Waals surface area (Å²) in [7, 11) is 0. The first-order valence-electron chi connectivity index (χ1n) is 11.2. The number of halogens is 1. The fourth-order valence-corrected chi connectivity index (χ4v) is 6.31. The molecular formula is C28H24BrN3O2S. The van der Waals surface area contributed by atoms with Gasteiger partial charge in [-0.1, -0.05) is 47.7 Å². The van der Waals surface area contributed by atoms with Crippen molar-refractivity contribution in [3.63, 3.8) is 0 Å². The van der Waals surface area contributed by atoms with Gasteiger partial charge in [0.05, 0.1) is 22.3 Å². The van der Waals surface area contributed by atoms with Crippen LogP contribution < -0.4 is 15.4 Å². The van der Waals surface area contributed by atoms with Crippen LogP contribution >= 0.6 is 27.3 Å². The Kier molecular flexibility index (Phi) is 5.85. The molecule has 0 radical (unpaired) electrons. The molecule has 176 valence electrons. The van der Waals surface area contributed by atoms with E-state index >= 15 is 0 Å². The van der Waals surface area contributed by atoms with E-state index < -0.39 is 0 Å². The Bertz CT molecular complexity index is 1700. The maximum absolute atomic E-state index is 13.1. The van der Waals surface area contributed by atoms with Gasteiger partial charge in [0.15, 0.2) is 4.80 Å². The molecule has 1 aliphatic rings. The summed E-state index contributed by atoms with van der Waals surface area (Å²) < 4.78 is 2.52. The van der Waals surface area contributed by atoms with E-state index in [2.05, 4.69) is 20.9 Å². The van der Waals surface area contributed by atoms with E-state index in [9.17, 15) is 9.90 Å². The first-order chi connectivity index (χ1) is 16.7. The Morgan fingerprint density at radius 1 is 0.943 bits per heavy atom. The number of carbonyl (C=O) groups is 1. The second-order valence-electron chi connectivity index (χ2n) is 8.90. The van der Waals surface area contributed by atoms with Gasteiger partial charge in [-0.3, -0.25) is 9.36 Å². The monoisotopic (exact) mass is 545 g/mol. The third-order valence-electron chi connectivity index (χ3n) is 6.24. The number of benzene rings is 3. The second kappa shape index (κ2) is 8.73. The van der Waals surface area contributed by atoms with Gasteiger partial charge >= 0.3 is 0 Å². The molecule has 1 aromatic heterocycles. The summed E-state index contributed by atoms with van der Waals surface area (Å²) in [4.78, 5) is 23.5. The number of para-hydroxylation sites is 2. The van der Waals surface area contributed by atoms with Crippen LogP contribution in [0.4, 0.5) is 5.69 Å². The average molecular weight is 546 g/mol. The van der Waals surface area contributed by atoms with Gasteiger partial charge in [0.1, 0.15) is 4.88 Å². The lowest BCUT2D eigenvalue weighted by Crippen LogP contribution is -2.25. The average Bonchev–Trinajstić information content (AvgIpc) is 3.27. The summed E-state index contributed by atoms with van der Waals surface area (Å²) in [6.45, 7) is 10.0. The Morgan fingerprint density at radius 2 is 1.54 bits per heavy atom. The molecule has 3 aromatic carbocycles. The van der Waals surface area contributed by atoms with E-state index in [4.69, 9.17) is 4.99 Å². The molecule has 1 aliphatic heterocycles. The van der Waals surface area contributed by atoms with Gasteiger partial charge in [-0.25, -0.2) is 9.98 Å². The number of aryl methyl sites for hydroxylation is 5. The number of hydrogen-bond donors (Lipinski definition) is 1. The lowest BCUT2D eigenvalue weighted by molar-refractivity contribution is -0.112. The Hall–Kier alpha value is -3.29. The third-order valence-corrected chi connectivity index (χ3v) is 7.89. The molecule has 0 atom stereocenters. The number of aromatic hydroxyl groups is 1. The topological polar surface area (TPSA) is 66.9 Å². The molecular weight excluding hydrogens is 522 g/mol. The van der Waals surface area contributed by atoms with Crippen molar-refractivity contribution in [1.82, 2.24) is 4.57 Å². The molecule has 5 rings (SSSR count). The van der Waals surface area contributed by atoms with E-state index in [-0.39, 0.29) is 11.8 Å². The molecule has 0 saturated carbocycles. The van der Waals surface area contributed by atoms with Gasteiger partial charge in [0.25, 0.3) is 5.91 Å². The number of aromatic nitrogens is 1. The van der Waals surface area contributed by atoms with Crippen LogP contribution in [-0.4, -0.2) is 15.6 Å². The highest BCUT2D eigenvalue weighted by Crippen LogP contribution is 2.34. The van der Waals surface area contributed by atoms with E-state index in [1.54, 1.807) is 4.57 Å². The van der Waals surface area contributed by atoms with Gasteiger partial charge < -0.3 is 5.11 Å². The number of fused-ring (bicyclic) bond motifs is 1. The van der Waals surface area contributed by atoms with Crippen molar-refractivity contribution in [3.05, 3.63) is 101 Å². The molecule has 4 aromatic rings. The minimum atomic E-state index is -0.366. The molecule has 0 aliphatic carbocycles. The zero-order valence-corrected chi connectivity index (χ0v) is 22.5. The maximum Gasteiger partial charge on any atom is 0.279 e. The smallest absolute Gasteiger partial charge is 0.279 e. The molecule has 35 heavy (non-hydrogen) atoms. The summed E-state index contributed by atoms with van der Waals surface area (Å²) >= 11 is 4.84. The minimum absolute atomic E-state index is 0.0126. The fourth-order valence-electron chi connectivity index (χ4n) is 4.58. The van der Waals surface area contributed by atoms with Gasteiger partial charge in [0, 0.05) is 9.69 Å². The fraction of sp³-hybridized carbons (Fsp3) is 0.179. The zero-order chi connectivity index (χ0) is 25.0. The Morgan fingerprint density at radius 3 is 2.17 bits per heavy atom. The molecule has 0 unspecified atom stereocenters. The van der Waals surface area contributed by atoms with Crippen molar-refractivity contribution in [2.24, 2.45) is 9.98 Å². The molecule has 0 bridgehead atoms. The number of hydrogen-bond acceptors (Lipinski definition) is 4. The van der Waals surface area contributed by atoms with Crippen molar-refractivity contribution in [1.29, 1.82) is 0 Å². The van der Waals surface area contributed by atoms with Crippen LogP contribution in [0.2, 0.25) is 0 Å². The first-order valence-corrected chi connectivity index (χ1v) is 12.8. The molecule has 5 nitrogen and oxygen atoms in total. The predicted molar refractivity (Wildman–Crippen MR) is 143 cm³/mol. The molecule has 1 N–H and O–H groups in total. The Balaban J connectivity index is 1.93. The zero-order valence-electron chi connectivity index (χ0n) is 20.1. The van der Waals surface area contributed by atoms with Crippen molar-refractivity contribution >= 4 is 44.4 Å². The highest BCUT2D eigenvalue weighted by molar-refractivity contribution is 9.10. The van der Waals surface area contributed by atoms with Gasteiger partial charge in [0.2, 0.25) is 5.88 Å². The summed E-state index contributed by atoms with van der Waals surface area (Å²) in [6.07, 6.45) is 0. The Labute approximate surface area is 215 Å². The highest BCUT2D eigenvalue weighted by atomic mass is 79.9. The summed E-state index contributed by atoms with van der Waals surface area (Å²) in [6, 6.07) is 15.9. The van der Waals surface area contributed by atoms with Crippen LogP contribution in [0, 0.1) is 34.6 Å². The van der Waals surface area contributed by atoms with E-state index in [1.165, 1.54) is 11.3 Å². The molecule has 0 fully saturated rings. The molecule has 0 spiro atoms. The third kappa shape index (κ3) is 3.89. The van der Waals surface area contributed by atoms with Crippen LogP contribution in [0.5, 0.6) is 5.88 Å². The molecule has 1 amide bonds. The van der Waals surface area contributed by atoms with Gasteiger partial charge in [-0.2, -0.15) is 0 Å². The largest absolute Gasteiger partial charge is 0.493 e. The van der Waals surface area contributed by atoms with E-state index in [0.29, 0.717) is 25.8 Å². The molecule has 0 saturated heterocycles. The number of rotatable bonds is 3. The van der Waals surface area contributed by atoms with Crippen molar-refractivity contribution < 1.29 is 9.90 Å². The van der Waals surface area contributed by atoms with Crippen LogP contribution in [0.1, 0.15) is 32.7 Å². The van der Waals surface area contributed by atoms with Crippen molar-refractivity contribution in [2.45, 2.75) is 34.6 Å². The summed E-state index contributed by atoms with van der Waals surface area (Å²) in [5.74, 6) is -0.378. The number of amides is 1. The quantitative estimate of drug-likeness (QED) is 0.387. The second-order valence-corrected chi connectivity index (χ2v) is 10.7. The van der Waals surface area contributed by atoms with Crippen LogP contribution in [0.15, 0.2) is 63.0 Å². The molecule has 2 heterocycles.